The number of amides is 1. The second-order valence-electron chi connectivity index (χ2n) is 4.72. The molecule has 7 heteroatoms. The second kappa shape index (κ2) is 8.47. The van der Waals surface area contributed by atoms with Crippen LogP contribution >= 0.6 is 43.5 Å². The summed E-state index contributed by atoms with van der Waals surface area (Å²) in [5.74, 6) is -0.233. The van der Waals surface area contributed by atoms with Crippen molar-refractivity contribution in [2.24, 2.45) is 5.10 Å². The van der Waals surface area contributed by atoms with Gasteiger partial charge in [0, 0.05) is 19.7 Å². The molecule has 0 heterocycles. The van der Waals surface area contributed by atoms with Crippen molar-refractivity contribution in [1.29, 1.82) is 0 Å². The van der Waals surface area contributed by atoms with Gasteiger partial charge in [0.05, 0.1) is 12.3 Å². The molecule has 0 radical (unpaired) electrons. The second-order valence-corrected chi connectivity index (χ2v) is 6.92. The van der Waals surface area contributed by atoms with Gasteiger partial charge >= 0.3 is 0 Å². The molecule has 0 atom stereocenters. The van der Waals surface area contributed by atoms with E-state index in [0.717, 1.165) is 25.9 Å². The minimum Gasteiger partial charge on any atom is -0.375 e. The van der Waals surface area contributed by atoms with E-state index < -0.39 is 0 Å². The van der Waals surface area contributed by atoms with Gasteiger partial charge in [-0.15, -0.1) is 0 Å². The summed E-state index contributed by atoms with van der Waals surface area (Å²) in [6.45, 7) is 1.95. The lowest BCUT2D eigenvalue weighted by molar-refractivity contribution is -0.119. The van der Waals surface area contributed by atoms with Crippen LogP contribution in [0.5, 0.6) is 0 Å². The van der Waals surface area contributed by atoms with Crippen LogP contribution in [-0.2, 0) is 4.79 Å². The van der Waals surface area contributed by atoms with Gasteiger partial charge in [-0.25, -0.2) is 5.43 Å². The molecule has 1 amide bonds. The van der Waals surface area contributed by atoms with Gasteiger partial charge in [0.1, 0.15) is 0 Å². The lowest BCUT2D eigenvalue weighted by atomic mass is 10.1. The molecule has 2 rings (SSSR count). The monoisotopic (exact) mass is 457 g/mol. The maximum absolute atomic E-state index is 11.9. The van der Waals surface area contributed by atoms with E-state index in [9.17, 15) is 4.79 Å². The van der Waals surface area contributed by atoms with Gasteiger partial charge < -0.3 is 5.32 Å². The van der Waals surface area contributed by atoms with E-state index in [1.165, 1.54) is 0 Å². The molecule has 2 N–H and O–H groups in total. The fourth-order valence-electron chi connectivity index (χ4n) is 1.75. The Bertz CT molecular complexity index is 733. The summed E-state index contributed by atoms with van der Waals surface area (Å²) in [6.07, 6.45) is 0. The molecule has 120 valence electrons. The summed E-state index contributed by atoms with van der Waals surface area (Å²) in [5, 5.41) is 7.75. The molecule has 0 unspecified atom stereocenters. The number of hydrogen-bond acceptors (Lipinski definition) is 3. The molecule has 0 aliphatic rings. The highest BCUT2D eigenvalue weighted by Gasteiger charge is 2.04. The summed E-state index contributed by atoms with van der Waals surface area (Å²) in [4.78, 5) is 11.9. The van der Waals surface area contributed by atoms with Gasteiger partial charge in [-0.1, -0.05) is 39.7 Å². The Balaban J connectivity index is 1.89. The van der Waals surface area contributed by atoms with Crippen LogP contribution in [0, 0.1) is 0 Å². The maximum atomic E-state index is 11.9. The molecule has 0 aliphatic heterocycles. The molecule has 23 heavy (non-hydrogen) atoms. The van der Waals surface area contributed by atoms with Crippen LogP contribution in [0.15, 0.2) is 56.5 Å². The van der Waals surface area contributed by atoms with Crippen LogP contribution in [0.3, 0.4) is 0 Å². The Morgan fingerprint density at radius 3 is 2.52 bits per heavy atom. The number of nitrogens with zero attached hydrogens (tertiary/aromatic N) is 1. The average molecular weight is 460 g/mol. The van der Waals surface area contributed by atoms with E-state index in [1.54, 1.807) is 18.2 Å². The first kappa shape index (κ1) is 18.0. The van der Waals surface area contributed by atoms with E-state index >= 15 is 0 Å². The van der Waals surface area contributed by atoms with Crippen molar-refractivity contribution < 1.29 is 4.79 Å². The minimum atomic E-state index is -0.233. The number of rotatable bonds is 5. The topological polar surface area (TPSA) is 53.5 Å². The van der Waals surface area contributed by atoms with Crippen LogP contribution in [0.25, 0.3) is 0 Å². The fourth-order valence-corrected chi connectivity index (χ4v) is 2.84. The van der Waals surface area contributed by atoms with E-state index in [1.807, 2.05) is 31.2 Å². The predicted octanol–water partition coefficient (Wildman–Crippen LogP) is 4.82. The summed E-state index contributed by atoms with van der Waals surface area (Å²) < 4.78 is 1.79. The average Bonchev–Trinajstić information content (AvgIpc) is 2.52. The van der Waals surface area contributed by atoms with Crippen molar-refractivity contribution in [1.82, 2.24) is 5.43 Å². The summed E-state index contributed by atoms with van der Waals surface area (Å²) in [5.41, 5.74) is 5.00. The summed E-state index contributed by atoms with van der Waals surface area (Å²) in [6, 6.07) is 13.0. The highest BCUT2D eigenvalue weighted by Crippen LogP contribution is 2.25. The lowest BCUT2D eigenvalue weighted by Crippen LogP contribution is -2.26. The smallest absolute Gasteiger partial charge is 0.259 e. The zero-order valence-corrected chi connectivity index (χ0v) is 16.2. The molecule has 2 aromatic carbocycles. The molecular weight excluding hydrogens is 445 g/mol. The molecular formula is C16H14Br2ClN3O. The number of halogens is 3. The van der Waals surface area contributed by atoms with Crippen molar-refractivity contribution >= 4 is 60.8 Å². The largest absolute Gasteiger partial charge is 0.375 e. The van der Waals surface area contributed by atoms with Crippen LogP contribution in [0.2, 0.25) is 5.02 Å². The Morgan fingerprint density at radius 1 is 1.17 bits per heavy atom. The summed E-state index contributed by atoms with van der Waals surface area (Å²) >= 11 is 12.6. The normalized spacial score (nSPS) is 11.2. The van der Waals surface area contributed by atoms with Gasteiger partial charge in [-0.3, -0.25) is 4.79 Å². The van der Waals surface area contributed by atoms with Gasteiger partial charge in [0.25, 0.3) is 5.91 Å². The molecule has 4 nitrogen and oxygen atoms in total. The van der Waals surface area contributed by atoms with Crippen LogP contribution in [0.1, 0.15) is 12.5 Å². The zero-order chi connectivity index (χ0) is 16.8. The van der Waals surface area contributed by atoms with Crippen molar-refractivity contribution in [3.05, 3.63) is 62.0 Å². The number of hydrazone groups is 1. The molecule has 2 aromatic rings. The van der Waals surface area contributed by atoms with Crippen LogP contribution in [-0.4, -0.2) is 18.2 Å². The third-order valence-corrected chi connectivity index (χ3v) is 4.40. The molecule has 0 aliphatic carbocycles. The van der Waals surface area contributed by atoms with Gasteiger partial charge in [-0.2, -0.15) is 5.10 Å². The molecule has 0 saturated heterocycles. The molecule has 0 fully saturated rings. The first-order chi connectivity index (χ1) is 11.0. The third kappa shape index (κ3) is 5.64. The minimum absolute atomic E-state index is 0.108. The van der Waals surface area contributed by atoms with Crippen molar-refractivity contribution in [3.8, 4) is 0 Å². The molecule has 0 spiro atoms. The van der Waals surface area contributed by atoms with Gasteiger partial charge in [-0.05, 0) is 58.7 Å². The van der Waals surface area contributed by atoms with Crippen molar-refractivity contribution in [2.75, 3.05) is 11.9 Å². The number of carbonyl (C=O) groups is 1. The SMILES string of the molecule is CC(=NNC(=O)CNc1ccc(Cl)cc1Br)c1ccc(Br)cc1. The quantitative estimate of drug-likeness (QED) is 0.498. The third-order valence-electron chi connectivity index (χ3n) is 2.98. The lowest BCUT2D eigenvalue weighted by Gasteiger charge is -2.08. The van der Waals surface area contributed by atoms with E-state index in [4.69, 9.17) is 11.6 Å². The van der Waals surface area contributed by atoms with E-state index in [2.05, 4.69) is 47.7 Å². The predicted molar refractivity (Wildman–Crippen MR) is 102 cm³/mol. The zero-order valence-electron chi connectivity index (χ0n) is 12.2. The molecule has 0 bridgehead atoms. The first-order valence-electron chi connectivity index (χ1n) is 6.73. The van der Waals surface area contributed by atoms with Crippen molar-refractivity contribution in [3.63, 3.8) is 0 Å². The number of nitrogens with one attached hydrogen (secondary N) is 2. The van der Waals surface area contributed by atoms with Crippen LogP contribution < -0.4 is 10.7 Å². The Hall–Kier alpha value is -1.37. The van der Waals surface area contributed by atoms with Crippen molar-refractivity contribution in [2.45, 2.75) is 6.92 Å². The Kier molecular flexibility index (Phi) is 6.62. The highest BCUT2D eigenvalue weighted by molar-refractivity contribution is 9.10. The number of anilines is 1. The number of carbonyl (C=O) groups excluding carboxylic acids is 1. The van der Waals surface area contributed by atoms with Gasteiger partial charge in [0.15, 0.2) is 0 Å². The molecule has 0 aromatic heterocycles. The maximum Gasteiger partial charge on any atom is 0.259 e. The summed E-state index contributed by atoms with van der Waals surface area (Å²) in [7, 11) is 0. The standard InChI is InChI=1S/C16H14Br2ClN3O/c1-10(11-2-4-12(17)5-3-11)21-22-16(23)9-20-15-7-6-13(19)8-14(15)18/h2-8,20H,9H2,1H3,(H,22,23). The Morgan fingerprint density at radius 2 is 1.87 bits per heavy atom. The van der Waals surface area contributed by atoms with Crippen LogP contribution in [0.4, 0.5) is 5.69 Å². The van der Waals surface area contributed by atoms with E-state index in [0.29, 0.717) is 5.02 Å². The number of hydrogen-bond donors (Lipinski definition) is 2. The van der Waals surface area contributed by atoms with E-state index in [-0.39, 0.29) is 12.5 Å². The first-order valence-corrected chi connectivity index (χ1v) is 8.70. The highest BCUT2D eigenvalue weighted by atomic mass is 79.9. The Labute approximate surface area is 156 Å². The molecule has 0 saturated carbocycles. The fraction of sp³-hybridized carbons (Fsp3) is 0.125. The van der Waals surface area contributed by atoms with Gasteiger partial charge in [0.2, 0.25) is 0 Å². The number of benzene rings is 2.